The van der Waals surface area contributed by atoms with Crippen LogP contribution in [-0.2, 0) is 14.9 Å². The number of hydrogen-bond acceptors (Lipinski definition) is 4. The average molecular weight is 410 g/mol. The van der Waals surface area contributed by atoms with Gasteiger partial charge in [0.1, 0.15) is 12.4 Å². The van der Waals surface area contributed by atoms with E-state index in [4.69, 9.17) is 4.74 Å². The van der Waals surface area contributed by atoms with E-state index in [2.05, 4.69) is 0 Å². The van der Waals surface area contributed by atoms with Crippen LogP contribution >= 0.6 is 0 Å². The highest BCUT2D eigenvalue weighted by molar-refractivity contribution is 6.16. The predicted molar refractivity (Wildman–Crippen MR) is 106 cm³/mol. The first-order valence-electron chi connectivity index (χ1n) is 9.63. The van der Waals surface area contributed by atoms with Gasteiger partial charge in [-0.25, -0.2) is 14.0 Å². The van der Waals surface area contributed by atoms with Crippen LogP contribution in [0, 0.1) is 11.2 Å². The molecule has 1 spiro atoms. The molecule has 1 saturated carbocycles. The summed E-state index contributed by atoms with van der Waals surface area (Å²) in [5, 5.41) is 9.59. The lowest BCUT2D eigenvalue weighted by atomic mass is 9.89. The Morgan fingerprint density at radius 1 is 1.13 bits per heavy atom. The molecule has 0 aromatic heterocycles. The van der Waals surface area contributed by atoms with Gasteiger partial charge in [-0.05, 0) is 53.8 Å². The van der Waals surface area contributed by atoms with E-state index in [1.807, 2.05) is 13.8 Å². The van der Waals surface area contributed by atoms with E-state index in [0.717, 1.165) is 0 Å². The maximum atomic E-state index is 14.1. The van der Waals surface area contributed by atoms with Crippen molar-refractivity contribution < 1.29 is 28.6 Å². The van der Waals surface area contributed by atoms with Crippen LogP contribution < -0.4 is 9.80 Å². The number of carbonyl (C=O) groups is 3. The van der Waals surface area contributed by atoms with Crippen molar-refractivity contribution in [2.24, 2.45) is 5.41 Å². The zero-order valence-electron chi connectivity index (χ0n) is 16.4. The summed E-state index contributed by atoms with van der Waals surface area (Å²) in [5.41, 5.74) is 0.561. The van der Waals surface area contributed by atoms with Gasteiger partial charge in [-0.2, -0.15) is 0 Å². The molecular weight excluding hydrogens is 391 g/mol. The third-order valence-electron chi connectivity index (χ3n) is 6.45. The van der Waals surface area contributed by atoms with Crippen molar-refractivity contribution in [2.75, 3.05) is 23.0 Å². The lowest BCUT2D eigenvalue weighted by Gasteiger charge is -2.22. The van der Waals surface area contributed by atoms with E-state index < -0.39 is 23.3 Å². The molecule has 2 aromatic carbocycles. The van der Waals surface area contributed by atoms with Crippen molar-refractivity contribution in [3.8, 4) is 0 Å². The van der Waals surface area contributed by atoms with Crippen molar-refractivity contribution >= 4 is 35.0 Å². The smallest absolute Gasteiger partial charge is 0.414 e. The number of amides is 2. The van der Waals surface area contributed by atoms with Gasteiger partial charge in [0, 0.05) is 0 Å². The summed E-state index contributed by atoms with van der Waals surface area (Å²) in [5.74, 6) is -1.83. The zero-order valence-corrected chi connectivity index (χ0v) is 16.4. The van der Waals surface area contributed by atoms with Gasteiger partial charge in [0.2, 0.25) is 5.91 Å². The van der Waals surface area contributed by atoms with Crippen LogP contribution in [0.1, 0.15) is 36.2 Å². The highest BCUT2D eigenvalue weighted by Gasteiger charge is 2.72. The number of fused-ring (bicyclic) bond motifs is 2. The van der Waals surface area contributed by atoms with Crippen molar-refractivity contribution in [1.29, 1.82) is 0 Å². The number of benzene rings is 2. The average Bonchev–Trinajstić information content (AvgIpc) is 2.95. The highest BCUT2D eigenvalue weighted by Crippen LogP contribution is 2.70. The molecule has 2 fully saturated rings. The van der Waals surface area contributed by atoms with Crippen molar-refractivity contribution in [1.82, 2.24) is 0 Å². The number of halogens is 1. The van der Waals surface area contributed by atoms with Crippen LogP contribution in [-0.4, -0.2) is 36.2 Å². The number of carboxylic acid groups (broad SMARTS) is 1. The summed E-state index contributed by atoms with van der Waals surface area (Å²) < 4.78 is 19.0. The summed E-state index contributed by atoms with van der Waals surface area (Å²) in [6, 6.07) is 8.59. The zero-order chi connectivity index (χ0) is 21.4. The standard InChI is InChI=1S/C22H19FN2O5/c1-21(2)11-22(21)16-9-13(23)3-4-17(16)25(19(22)28)15-8-12(18(26)27)7-14(10-15)24-5-6-30-20(24)29/h3-4,7-10H,5-6,11H2,1-2H3,(H,26,27). The molecule has 1 atom stereocenters. The summed E-state index contributed by atoms with van der Waals surface area (Å²) in [6.45, 7) is 4.41. The van der Waals surface area contributed by atoms with Crippen LogP contribution in [0.2, 0.25) is 0 Å². The van der Waals surface area contributed by atoms with Crippen LogP contribution in [0.3, 0.4) is 0 Å². The number of ether oxygens (including phenoxy) is 1. The fraction of sp³-hybridized carbons (Fsp3) is 0.318. The van der Waals surface area contributed by atoms with Gasteiger partial charge in [-0.15, -0.1) is 0 Å². The maximum absolute atomic E-state index is 14.1. The number of aromatic carboxylic acids is 1. The van der Waals surface area contributed by atoms with Crippen LogP contribution in [0.5, 0.6) is 0 Å². The third-order valence-corrected chi connectivity index (χ3v) is 6.45. The monoisotopic (exact) mass is 410 g/mol. The highest BCUT2D eigenvalue weighted by atomic mass is 19.1. The Morgan fingerprint density at radius 2 is 1.83 bits per heavy atom. The molecule has 2 heterocycles. The molecular formula is C22H19FN2O5. The van der Waals surface area contributed by atoms with E-state index in [1.165, 1.54) is 34.1 Å². The lowest BCUT2D eigenvalue weighted by Crippen LogP contribution is -2.31. The normalized spacial score (nSPS) is 23.7. The number of carboxylic acids is 1. The van der Waals surface area contributed by atoms with Gasteiger partial charge in [-0.3, -0.25) is 14.6 Å². The Balaban J connectivity index is 1.69. The van der Waals surface area contributed by atoms with Crippen LogP contribution in [0.4, 0.5) is 26.2 Å². The Bertz CT molecular complexity index is 1140. The molecule has 8 heteroatoms. The van der Waals surface area contributed by atoms with Gasteiger partial charge in [0.25, 0.3) is 0 Å². The second-order valence-electron chi connectivity index (χ2n) is 8.58. The molecule has 2 aromatic rings. The Morgan fingerprint density at radius 3 is 2.43 bits per heavy atom. The number of cyclic esters (lactones) is 1. The Kier molecular flexibility index (Phi) is 3.60. The van der Waals surface area contributed by atoms with E-state index in [1.54, 1.807) is 12.1 Å². The number of hydrogen-bond donors (Lipinski definition) is 1. The van der Waals surface area contributed by atoms with E-state index in [0.29, 0.717) is 29.0 Å². The molecule has 5 rings (SSSR count). The summed E-state index contributed by atoms with van der Waals surface area (Å²) in [6.07, 6.45) is 0.00825. The van der Waals surface area contributed by atoms with Gasteiger partial charge >= 0.3 is 12.1 Å². The van der Waals surface area contributed by atoms with Crippen LogP contribution in [0.25, 0.3) is 0 Å². The van der Waals surface area contributed by atoms with Crippen molar-refractivity contribution in [3.63, 3.8) is 0 Å². The van der Waals surface area contributed by atoms with Gasteiger partial charge < -0.3 is 9.84 Å². The molecule has 1 unspecified atom stereocenters. The fourth-order valence-corrected chi connectivity index (χ4v) is 4.79. The molecule has 1 saturated heterocycles. The van der Waals surface area contributed by atoms with Gasteiger partial charge in [0.15, 0.2) is 0 Å². The molecule has 0 bridgehead atoms. The predicted octanol–water partition coefficient (Wildman–Crippen LogP) is 3.83. The second kappa shape index (κ2) is 5.81. The topological polar surface area (TPSA) is 87.2 Å². The number of nitrogens with zero attached hydrogens (tertiary/aromatic N) is 2. The van der Waals surface area contributed by atoms with E-state index >= 15 is 0 Å². The molecule has 0 radical (unpaired) electrons. The quantitative estimate of drug-likeness (QED) is 0.831. The van der Waals surface area contributed by atoms with Gasteiger partial charge in [-0.1, -0.05) is 13.8 Å². The van der Waals surface area contributed by atoms with E-state index in [9.17, 15) is 23.9 Å². The summed E-state index contributed by atoms with van der Waals surface area (Å²) >= 11 is 0. The third kappa shape index (κ3) is 2.33. The van der Waals surface area contributed by atoms with E-state index in [-0.39, 0.29) is 30.0 Å². The SMILES string of the molecule is CC1(C)CC12C(=O)N(c1cc(C(=O)O)cc(N3CCOC3=O)c1)c1ccc(F)cc12. The summed E-state index contributed by atoms with van der Waals surface area (Å²) in [4.78, 5) is 40.1. The van der Waals surface area contributed by atoms with Crippen molar-refractivity contribution in [3.05, 3.63) is 53.3 Å². The second-order valence-corrected chi connectivity index (χ2v) is 8.58. The minimum absolute atomic E-state index is 0.0605. The maximum Gasteiger partial charge on any atom is 0.414 e. The van der Waals surface area contributed by atoms with Gasteiger partial charge in [0.05, 0.1) is 34.6 Å². The number of carbonyl (C=O) groups excluding carboxylic acids is 2. The molecule has 2 aliphatic heterocycles. The molecule has 3 aliphatic rings. The first-order chi connectivity index (χ1) is 14.2. The lowest BCUT2D eigenvalue weighted by molar-refractivity contribution is -0.120. The van der Waals surface area contributed by atoms with Crippen LogP contribution in [0.15, 0.2) is 36.4 Å². The van der Waals surface area contributed by atoms with Crippen molar-refractivity contribution in [2.45, 2.75) is 25.7 Å². The molecule has 1 aliphatic carbocycles. The first-order valence-corrected chi connectivity index (χ1v) is 9.63. The largest absolute Gasteiger partial charge is 0.478 e. The molecule has 30 heavy (non-hydrogen) atoms. The molecule has 7 nitrogen and oxygen atoms in total. The molecule has 154 valence electrons. The first kappa shape index (κ1) is 18.6. The minimum Gasteiger partial charge on any atom is -0.478 e. The summed E-state index contributed by atoms with van der Waals surface area (Å²) in [7, 11) is 0. The Hall–Kier alpha value is -3.42. The molecule has 2 amide bonds. The minimum atomic E-state index is -1.18. The number of anilines is 3. The number of rotatable bonds is 3. The fourth-order valence-electron chi connectivity index (χ4n) is 4.79. The Labute approximate surface area is 171 Å². The molecule has 1 N–H and O–H groups in total.